The molecule has 16 heteroatoms. The number of aromatic nitrogens is 2. The Kier molecular flexibility index (Phi) is 13.2. The van der Waals surface area contributed by atoms with Crippen molar-refractivity contribution >= 4 is 44.0 Å². The fourth-order valence-electron chi connectivity index (χ4n) is 8.32. The van der Waals surface area contributed by atoms with E-state index in [2.05, 4.69) is 57.2 Å². The fraction of sp³-hybridized carbons (Fsp3) is 0.467. The second kappa shape index (κ2) is 18.3. The average Bonchev–Trinajstić information content (AvgIpc) is 3.71. The molecule has 0 atom stereocenters. The van der Waals surface area contributed by atoms with Crippen LogP contribution in [0.3, 0.4) is 0 Å². The number of sulfonamides is 1. The lowest BCUT2D eigenvalue weighted by atomic mass is 9.72. The topological polar surface area (TPSA) is 172 Å². The zero-order chi connectivity index (χ0) is 43.4. The monoisotopic (exact) mass is 857 g/mol. The van der Waals surface area contributed by atoms with Crippen LogP contribution in [0.15, 0.2) is 89.1 Å². The van der Waals surface area contributed by atoms with Gasteiger partial charge in [-0.1, -0.05) is 44.9 Å². The molecule has 3 N–H and O–H groups in total. The number of nitrogens with zero attached hydrogens (tertiary/aromatic N) is 4. The number of benzene rings is 2. The first-order valence-corrected chi connectivity index (χ1v) is 22.6. The number of halogens is 1. The number of carbonyl (C=O) groups is 1. The summed E-state index contributed by atoms with van der Waals surface area (Å²) in [5.41, 5.74) is 3.63. The van der Waals surface area contributed by atoms with Gasteiger partial charge in [0.1, 0.15) is 28.5 Å². The highest BCUT2D eigenvalue weighted by Gasteiger charge is 2.34. The summed E-state index contributed by atoms with van der Waals surface area (Å²) in [6.45, 7) is 15.7. The molecule has 4 heterocycles. The third-order valence-corrected chi connectivity index (χ3v) is 13.4. The van der Waals surface area contributed by atoms with E-state index in [1.165, 1.54) is 35.0 Å². The maximum absolute atomic E-state index is 15.2. The van der Waals surface area contributed by atoms with Crippen molar-refractivity contribution in [2.75, 3.05) is 62.7 Å². The van der Waals surface area contributed by atoms with Crippen molar-refractivity contribution in [3.05, 3.63) is 99.9 Å². The molecule has 14 nitrogen and oxygen atoms in total. The van der Waals surface area contributed by atoms with Crippen LogP contribution >= 0.6 is 0 Å². The van der Waals surface area contributed by atoms with E-state index in [4.69, 9.17) is 9.47 Å². The van der Waals surface area contributed by atoms with Crippen LogP contribution in [-0.4, -0.2) is 92.3 Å². The van der Waals surface area contributed by atoms with Gasteiger partial charge in [0.15, 0.2) is 0 Å². The molecular formula is C45H56FN7O7S. The summed E-state index contributed by atoms with van der Waals surface area (Å²) in [6, 6.07) is 11.8. The zero-order valence-corrected chi connectivity index (χ0v) is 36.0. The van der Waals surface area contributed by atoms with Crippen molar-refractivity contribution in [2.45, 2.75) is 82.7 Å². The number of hydrogen-bond acceptors (Lipinski definition) is 11. The molecule has 0 unspecified atom stereocenters. The molecule has 1 aliphatic carbocycles. The van der Waals surface area contributed by atoms with Gasteiger partial charge < -0.3 is 24.7 Å². The lowest BCUT2D eigenvalue weighted by Gasteiger charge is -2.39. The molecule has 1 amide bonds. The molecule has 0 saturated carbocycles. The van der Waals surface area contributed by atoms with Crippen LogP contribution in [0.4, 0.5) is 21.5 Å². The summed E-state index contributed by atoms with van der Waals surface area (Å²) >= 11 is 0. The van der Waals surface area contributed by atoms with E-state index in [0.717, 1.165) is 94.5 Å². The van der Waals surface area contributed by atoms with Crippen molar-refractivity contribution in [1.82, 2.24) is 19.6 Å². The van der Waals surface area contributed by atoms with E-state index in [0.29, 0.717) is 11.4 Å². The van der Waals surface area contributed by atoms with E-state index in [1.807, 2.05) is 6.07 Å². The van der Waals surface area contributed by atoms with Crippen LogP contribution in [0.25, 0.3) is 11.0 Å². The molecule has 3 aliphatic rings. The number of amides is 1. The van der Waals surface area contributed by atoms with Crippen LogP contribution in [0, 0.1) is 15.5 Å². The van der Waals surface area contributed by atoms with Crippen molar-refractivity contribution in [1.29, 1.82) is 0 Å². The number of H-pyrrole nitrogens is 1. The molecule has 2 saturated heterocycles. The van der Waals surface area contributed by atoms with Gasteiger partial charge in [0.2, 0.25) is 0 Å². The number of piperazine rings is 1. The molecule has 61 heavy (non-hydrogen) atoms. The number of rotatable bonds is 16. The van der Waals surface area contributed by atoms with Gasteiger partial charge in [-0.15, -0.1) is 0 Å². The number of unbranched alkanes of at least 4 members (excludes halogenated alkanes) is 1. The molecule has 7 rings (SSSR count). The molecular weight excluding hydrogens is 802 g/mol. The number of carbonyl (C=O) groups excluding carboxylic acids is 1. The quantitative estimate of drug-likeness (QED) is 0.0727. The Morgan fingerprint density at radius 1 is 1.08 bits per heavy atom. The van der Waals surface area contributed by atoms with Gasteiger partial charge in [-0.25, -0.2) is 22.5 Å². The fourth-order valence-corrected chi connectivity index (χ4v) is 9.31. The van der Waals surface area contributed by atoms with Gasteiger partial charge in [0.25, 0.3) is 21.6 Å². The van der Waals surface area contributed by atoms with E-state index >= 15 is 4.39 Å². The number of nitrogens with one attached hydrogen (secondary N) is 3. The highest BCUT2D eigenvalue weighted by molar-refractivity contribution is 7.90. The summed E-state index contributed by atoms with van der Waals surface area (Å²) in [5, 5.41) is 15.6. The van der Waals surface area contributed by atoms with Gasteiger partial charge in [-0.05, 0) is 79.5 Å². The first kappa shape index (κ1) is 43.8. The number of pyridine rings is 1. The Bertz CT molecular complexity index is 2420. The van der Waals surface area contributed by atoms with E-state index in [9.17, 15) is 23.3 Å². The second-order valence-electron chi connectivity index (χ2n) is 17.2. The Balaban J connectivity index is 1.09. The summed E-state index contributed by atoms with van der Waals surface area (Å²) in [5.74, 6) is -0.555. The smallest absolute Gasteiger partial charge is 0.293 e. The number of alkyl halides is 1. The molecule has 2 aromatic heterocycles. The lowest BCUT2D eigenvalue weighted by Crippen LogP contribution is -2.47. The number of ether oxygens (including phenoxy) is 2. The maximum Gasteiger partial charge on any atom is 0.293 e. The highest BCUT2D eigenvalue weighted by atomic mass is 32.2. The molecule has 0 bridgehead atoms. The standard InChI is InChI=1S/C45H56FN7O7S/c1-5-6-7-31(2)38-27-44(3,4)14-12-33(38)29-51-18-20-52(21-19-51)34-8-10-37(41(25-34)60-35-24-32-13-17-47-42(32)48-28-35)43(54)50-61(57,58)36-9-11-39(40(26-36)53(55)56)49-30-45(46)15-22-59-23-16-45/h8-11,13,17,24-26,28,49H,2,5-7,12,14-16,18-23,27,29-30H2,1,3-4H3,(H,47,48)(H,50,54). The minimum atomic E-state index is -4.63. The number of allylic oxidation sites excluding steroid dienone is 2. The predicted octanol–water partition coefficient (Wildman–Crippen LogP) is 8.69. The Morgan fingerprint density at radius 2 is 1.85 bits per heavy atom. The van der Waals surface area contributed by atoms with Crippen LogP contribution in [0.1, 0.15) is 82.5 Å². The van der Waals surface area contributed by atoms with Crippen molar-refractivity contribution < 1.29 is 32.0 Å². The van der Waals surface area contributed by atoms with Gasteiger partial charge in [0, 0.05) is 94.7 Å². The largest absolute Gasteiger partial charge is 0.455 e. The second-order valence-corrected chi connectivity index (χ2v) is 18.9. The number of hydrogen-bond donors (Lipinski definition) is 3. The lowest BCUT2D eigenvalue weighted by molar-refractivity contribution is -0.384. The van der Waals surface area contributed by atoms with Crippen LogP contribution in [-0.2, 0) is 14.8 Å². The number of nitro groups is 1. The number of anilines is 2. The average molecular weight is 858 g/mol. The maximum atomic E-state index is 15.2. The molecule has 0 spiro atoms. The molecule has 2 aliphatic heterocycles. The predicted molar refractivity (Wildman–Crippen MR) is 235 cm³/mol. The molecule has 326 valence electrons. The van der Waals surface area contributed by atoms with E-state index in [-0.39, 0.29) is 55.0 Å². The summed E-state index contributed by atoms with van der Waals surface area (Å²) in [4.78, 5) is 36.8. The molecule has 2 aromatic carbocycles. The Morgan fingerprint density at radius 3 is 2.59 bits per heavy atom. The van der Waals surface area contributed by atoms with Crippen LogP contribution in [0.2, 0.25) is 0 Å². The summed E-state index contributed by atoms with van der Waals surface area (Å²) in [7, 11) is -4.63. The van der Waals surface area contributed by atoms with Gasteiger partial charge in [-0.2, -0.15) is 0 Å². The Hall–Kier alpha value is -5.32. The van der Waals surface area contributed by atoms with Gasteiger partial charge in [-0.3, -0.25) is 19.8 Å². The van der Waals surface area contributed by atoms with Crippen LogP contribution < -0.4 is 19.7 Å². The number of nitro benzene ring substituents is 1. The number of aromatic amines is 1. The number of fused-ring (bicyclic) bond motifs is 1. The summed E-state index contributed by atoms with van der Waals surface area (Å²) < 4.78 is 56.1. The van der Waals surface area contributed by atoms with Crippen molar-refractivity contribution in [2.24, 2.45) is 5.41 Å². The van der Waals surface area contributed by atoms with Crippen molar-refractivity contribution in [3.63, 3.8) is 0 Å². The molecule has 4 aromatic rings. The Labute approximate surface area is 356 Å². The van der Waals surface area contributed by atoms with Crippen LogP contribution in [0.5, 0.6) is 11.5 Å². The summed E-state index contributed by atoms with van der Waals surface area (Å²) in [6.07, 6.45) is 10.1. The SMILES string of the molecule is C=C(CCCC)C1=C(CN2CCN(c3ccc(C(=O)NS(=O)(=O)c4ccc(NCC5(F)CCOCC5)c([N+](=O)[O-])c4)c(Oc4cnc5[nH]ccc5c4)c3)CC2)CCC(C)(C)C1. The van der Waals surface area contributed by atoms with E-state index in [1.54, 1.807) is 24.4 Å². The third kappa shape index (κ3) is 10.6. The minimum Gasteiger partial charge on any atom is -0.455 e. The molecule has 0 radical (unpaired) electrons. The first-order valence-electron chi connectivity index (χ1n) is 21.1. The highest BCUT2D eigenvalue weighted by Crippen LogP contribution is 2.42. The molecule has 2 fully saturated rings. The third-order valence-electron chi connectivity index (χ3n) is 12.1. The van der Waals surface area contributed by atoms with E-state index < -0.39 is 37.1 Å². The zero-order valence-electron chi connectivity index (χ0n) is 35.2. The minimum absolute atomic E-state index is 0.0490. The van der Waals surface area contributed by atoms with Gasteiger partial charge in [0.05, 0.1) is 21.6 Å². The van der Waals surface area contributed by atoms with Crippen molar-refractivity contribution in [3.8, 4) is 11.5 Å². The van der Waals surface area contributed by atoms with Gasteiger partial charge >= 0.3 is 0 Å². The normalized spacial score (nSPS) is 18.2. The first-order chi connectivity index (χ1) is 29.1.